The first-order valence-corrected chi connectivity index (χ1v) is 7.62. The Balaban J connectivity index is 2.14. The Hall–Kier alpha value is -2.76. The molecular formula is C18H18F2N2O2. The molecule has 0 saturated carbocycles. The third-order valence-corrected chi connectivity index (χ3v) is 3.63. The molecule has 4 nitrogen and oxygen atoms in total. The smallest absolute Gasteiger partial charge is 0.261 e. The molecule has 2 aromatic carbocycles. The van der Waals surface area contributed by atoms with Gasteiger partial charge in [0, 0.05) is 24.3 Å². The van der Waals surface area contributed by atoms with E-state index in [2.05, 4.69) is 5.32 Å². The summed E-state index contributed by atoms with van der Waals surface area (Å²) in [6, 6.07) is 9.39. The number of nitrogens with zero attached hydrogens (tertiary/aromatic N) is 1. The van der Waals surface area contributed by atoms with Crippen molar-refractivity contribution in [2.24, 2.45) is 0 Å². The standard InChI is InChI=1S/C18H18F2N2O2/c1-3-22(4-2)18(24)12-8-10-13(11-9-12)21-17(23)16-14(19)6-5-7-15(16)20/h5-11H,3-4H2,1-2H3,(H,21,23). The predicted octanol–water partition coefficient (Wildman–Crippen LogP) is 3.70. The number of hydrogen-bond donors (Lipinski definition) is 1. The molecule has 0 spiro atoms. The van der Waals surface area contributed by atoms with Crippen LogP contribution < -0.4 is 5.32 Å². The van der Waals surface area contributed by atoms with Crippen LogP contribution in [0.1, 0.15) is 34.6 Å². The summed E-state index contributed by atoms with van der Waals surface area (Å²) < 4.78 is 27.2. The molecule has 0 atom stereocenters. The zero-order chi connectivity index (χ0) is 17.7. The van der Waals surface area contributed by atoms with Crippen LogP contribution in [0, 0.1) is 11.6 Å². The molecule has 6 heteroatoms. The SMILES string of the molecule is CCN(CC)C(=O)c1ccc(NC(=O)c2c(F)cccc2F)cc1. The molecule has 0 heterocycles. The molecule has 0 unspecified atom stereocenters. The first-order valence-electron chi connectivity index (χ1n) is 7.62. The second-order valence-corrected chi connectivity index (χ2v) is 5.11. The van der Waals surface area contributed by atoms with Crippen molar-refractivity contribution in [3.05, 3.63) is 65.2 Å². The van der Waals surface area contributed by atoms with Crippen molar-refractivity contribution in [1.82, 2.24) is 4.90 Å². The molecule has 0 radical (unpaired) electrons. The molecule has 0 bridgehead atoms. The average Bonchev–Trinajstić information content (AvgIpc) is 2.56. The fourth-order valence-electron chi connectivity index (χ4n) is 2.30. The van der Waals surface area contributed by atoms with Gasteiger partial charge < -0.3 is 10.2 Å². The Morgan fingerprint density at radius 1 is 0.958 bits per heavy atom. The Bertz CT molecular complexity index is 721. The number of carbonyl (C=O) groups excluding carboxylic acids is 2. The molecule has 1 N–H and O–H groups in total. The third-order valence-electron chi connectivity index (χ3n) is 3.63. The van der Waals surface area contributed by atoms with Gasteiger partial charge in [0.25, 0.3) is 11.8 Å². The summed E-state index contributed by atoms with van der Waals surface area (Å²) in [7, 11) is 0. The van der Waals surface area contributed by atoms with E-state index in [1.54, 1.807) is 17.0 Å². The van der Waals surface area contributed by atoms with E-state index in [1.807, 2.05) is 13.8 Å². The number of halogens is 2. The van der Waals surface area contributed by atoms with Crippen molar-refractivity contribution in [2.75, 3.05) is 18.4 Å². The first kappa shape index (κ1) is 17.6. The Morgan fingerprint density at radius 3 is 2.00 bits per heavy atom. The molecule has 0 aromatic heterocycles. The second-order valence-electron chi connectivity index (χ2n) is 5.11. The van der Waals surface area contributed by atoms with E-state index in [0.29, 0.717) is 24.3 Å². The molecule has 0 fully saturated rings. The normalized spacial score (nSPS) is 10.3. The summed E-state index contributed by atoms with van der Waals surface area (Å²) in [6.07, 6.45) is 0. The average molecular weight is 332 g/mol. The van der Waals surface area contributed by atoms with E-state index >= 15 is 0 Å². The van der Waals surface area contributed by atoms with Gasteiger partial charge in [-0.05, 0) is 50.2 Å². The summed E-state index contributed by atoms with van der Waals surface area (Å²) in [5, 5.41) is 2.42. The van der Waals surface area contributed by atoms with E-state index < -0.39 is 23.1 Å². The minimum atomic E-state index is -0.930. The molecule has 0 aliphatic heterocycles. The van der Waals surface area contributed by atoms with Crippen LogP contribution in [-0.2, 0) is 0 Å². The van der Waals surface area contributed by atoms with Gasteiger partial charge in [-0.25, -0.2) is 8.78 Å². The number of anilines is 1. The number of rotatable bonds is 5. The van der Waals surface area contributed by atoms with Crippen LogP contribution in [0.3, 0.4) is 0 Å². The molecule has 126 valence electrons. The summed E-state index contributed by atoms with van der Waals surface area (Å²) in [6.45, 7) is 4.97. The first-order chi connectivity index (χ1) is 11.5. The van der Waals surface area contributed by atoms with Crippen LogP contribution >= 0.6 is 0 Å². The molecule has 0 aliphatic rings. The van der Waals surface area contributed by atoms with Gasteiger partial charge in [-0.15, -0.1) is 0 Å². The molecule has 2 amide bonds. The fourth-order valence-corrected chi connectivity index (χ4v) is 2.30. The molecule has 2 rings (SSSR count). The molecular weight excluding hydrogens is 314 g/mol. The van der Waals surface area contributed by atoms with Crippen molar-refractivity contribution in [3.8, 4) is 0 Å². The van der Waals surface area contributed by atoms with Gasteiger partial charge in [-0.1, -0.05) is 6.07 Å². The molecule has 0 saturated heterocycles. The van der Waals surface area contributed by atoms with E-state index in [9.17, 15) is 18.4 Å². The van der Waals surface area contributed by atoms with Gasteiger partial charge in [0.05, 0.1) is 0 Å². The Labute approximate surface area is 139 Å². The largest absolute Gasteiger partial charge is 0.339 e. The highest BCUT2D eigenvalue weighted by atomic mass is 19.1. The number of carbonyl (C=O) groups is 2. The van der Waals surface area contributed by atoms with Crippen LogP contribution in [0.15, 0.2) is 42.5 Å². The maximum Gasteiger partial charge on any atom is 0.261 e. The topological polar surface area (TPSA) is 49.4 Å². The highest BCUT2D eigenvalue weighted by Gasteiger charge is 2.17. The van der Waals surface area contributed by atoms with Crippen molar-refractivity contribution in [3.63, 3.8) is 0 Å². The molecule has 2 aromatic rings. The lowest BCUT2D eigenvalue weighted by molar-refractivity contribution is 0.0773. The summed E-state index contributed by atoms with van der Waals surface area (Å²) in [5.74, 6) is -2.85. The summed E-state index contributed by atoms with van der Waals surface area (Å²) in [5.41, 5.74) is 0.188. The maximum atomic E-state index is 13.6. The summed E-state index contributed by atoms with van der Waals surface area (Å²) in [4.78, 5) is 25.9. The van der Waals surface area contributed by atoms with E-state index in [4.69, 9.17) is 0 Å². The van der Waals surface area contributed by atoms with Gasteiger partial charge in [-0.2, -0.15) is 0 Å². The quantitative estimate of drug-likeness (QED) is 0.907. The van der Waals surface area contributed by atoms with Crippen molar-refractivity contribution in [1.29, 1.82) is 0 Å². The van der Waals surface area contributed by atoms with Crippen LogP contribution in [0.25, 0.3) is 0 Å². The van der Waals surface area contributed by atoms with Crippen LogP contribution in [0.5, 0.6) is 0 Å². The van der Waals surface area contributed by atoms with E-state index in [0.717, 1.165) is 12.1 Å². The highest BCUT2D eigenvalue weighted by Crippen LogP contribution is 2.16. The minimum absolute atomic E-state index is 0.113. The predicted molar refractivity (Wildman–Crippen MR) is 88.0 cm³/mol. The Kier molecular flexibility index (Phi) is 5.63. The van der Waals surface area contributed by atoms with E-state index in [1.165, 1.54) is 18.2 Å². The number of hydrogen-bond acceptors (Lipinski definition) is 2. The molecule has 0 aliphatic carbocycles. The monoisotopic (exact) mass is 332 g/mol. The second kappa shape index (κ2) is 7.68. The number of amides is 2. The van der Waals surface area contributed by atoms with E-state index in [-0.39, 0.29) is 5.91 Å². The zero-order valence-corrected chi connectivity index (χ0v) is 13.5. The fraction of sp³-hybridized carbons (Fsp3) is 0.222. The van der Waals surface area contributed by atoms with Gasteiger partial charge in [-0.3, -0.25) is 9.59 Å². The van der Waals surface area contributed by atoms with Crippen LogP contribution in [0.2, 0.25) is 0 Å². The maximum absolute atomic E-state index is 13.6. The lowest BCUT2D eigenvalue weighted by Gasteiger charge is -2.18. The van der Waals surface area contributed by atoms with Gasteiger partial charge in [0.2, 0.25) is 0 Å². The van der Waals surface area contributed by atoms with Crippen molar-refractivity contribution >= 4 is 17.5 Å². The number of nitrogens with one attached hydrogen (secondary N) is 1. The molecule has 24 heavy (non-hydrogen) atoms. The van der Waals surface area contributed by atoms with Gasteiger partial charge >= 0.3 is 0 Å². The minimum Gasteiger partial charge on any atom is -0.339 e. The highest BCUT2D eigenvalue weighted by molar-refractivity contribution is 6.05. The number of benzene rings is 2. The van der Waals surface area contributed by atoms with Crippen molar-refractivity contribution < 1.29 is 18.4 Å². The van der Waals surface area contributed by atoms with Crippen LogP contribution in [-0.4, -0.2) is 29.8 Å². The zero-order valence-electron chi connectivity index (χ0n) is 13.5. The van der Waals surface area contributed by atoms with Crippen LogP contribution in [0.4, 0.5) is 14.5 Å². The van der Waals surface area contributed by atoms with Gasteiger partial charge in [0.1, 0.15) is 17.2 Å². The lowest BCUT2D eigenvalue weighted by atomic mass is 10.1. The van der Waals surface area contributed by atoms with Crippen molar-refractivity contribution in [2.45, 2.75) is 13.8 Å². The van der Waals surface area contributed by atoms with Gasteiger partial charge in [0.15, 0.2) is 0 Å². The Morgan fingerprint density at radius 2 is 1.50 bits per heavy atom. The lowest BCUT2D eigenvalue weighted by Crippen LogP contribution is -2.30. The summed E-state index contributed by atoms with van der Waals surface area (Å²) >= 11 is 0. The third kappa shape index (κ3) is 3.76.